The SMILES string of the molecule is COC(=O)C(Br)CNS(=O)(=O)c1ccc(Cl)s1. The Kier molecular flexibility index (Phi) is 5.39. The van der Waals surface area contributed by atoms with Crippen LogP contribution in [-0.2, 0) is 19.6 Å². The lowest BCUT2D eigenvalue weighted by atomic mass is 10.4. The highest BCUT2D eigenvalue weighted by molar-refractivity contribution is 9.10. The number of ether oxygens (including phenoxy) is 1. The Balaban J connectivity index is 2.66. The zero-order chi connectivity index (χ0) is 13.1. The predicted molar refractivity (Wildman–Crippen MR) is 69.2 cm³/mol. The van der Waals surface area contributed by atoms with E-state index >= 15 is 0 Å². The van der Waals surface area contributed by atoms with E-state index in [4.69, 9.17) is 11.6 Å². The minimum Gasteiger partial charge on any atom is -0.468 e. The molecule has 0 aliphatic heterocycles. The number of esters is 1. The first kappa shape index (κ1) is 14.9. The van der Waals surface area contributed by atoms with Gasteiger partial charge in [0, 0.05) is 6.54 Å². The van der Waals surface area contributed by atoms with Crippen LogP contribution in [0.3, 0.4) is 0 Å². The average molecular weight is 363 g/mol. The fourth-order valence-corrected chi connectivity index (χ4v) is 4.04. The summed E-state index contributed by atoms with van der Waals surface area (Å²) in [7, 11) is -2.40. The van der Waals surface area contributed by atoms with Gasteiger partial charge >= 0.3 is 5.97 Å². The highest BCUT2D eigenvalue weighted by Gasteiger charge is 2.21. The maximum absolute atomic E-state index is 11.7. The smallest absolute Gasteiger partial charge is 0.320 e. The molecule has 0 amide bonds. The van der Waals surface area contributed by atoms with Crippen LogP contribution in [0.2, 0.25) is 4.34 Å². The van der Waals surface area contributed by atoms with Gasteiger partial charge in [-0.2, -0.15) is 0 Å². The topological polar surface area (TPSA) is 72.5 Å². The highest BCUT2D eigenvalue weighted by Crippen LogP contribution is 2.25. The van der Waals surface area contributed by atoms with E-state index in [2.05, 4.69) is 25.4 Å². The number of alkyl halides is 1. The Labute approximate surface area is 116 Å². The van der Waals surface area contributed by atoms with E-state index in [1.54, 1.807) is 0 Å². The van der Waals surface area contributed by atoms with Gasteiger partial charge < -0.3 is 4.74 Å². The first-order valence-corrected chi connectivity index (χ1v) is 7.93. The van der Waals surface area contributed by atoms with Crippen LogP contribution in [0, 0.1) is 0 Å². The zero-order valence-corrected chi connectivity index (χ0v) is 12.6. The van der Waals surface area contributed by atoms with Crippen molar-refractivity contribution < 1.29 is 17.9 Å². The molecule has 1 aromatic heterocycles. The second-order valence-electron chi connectivity index (χ2n) is 2.90. The molecule has 1 N–H and O–H groups in total. The van der Waals surface area contributed by atoms with E-state index < -0.39 is 20.8 Å². The second-order valence-corrected chi connectivity index (χ2v) is 7.72. The van der Waals surface area contributed by atoms with Gasteiger partial charge in [-0.05, 0) is 12.1 Å². The number of carbonyl (C=O) groups is 1. The maximum atomic E-state index is 11.7. The van der Waals surface area contributed by atoms with E-state index in [1.807, 2.05) is 0 Å². The fraction of sp³-hybridized carbons (Fsp3) is 0.375. The third kappa shape index (κ3) is 4.22. The van der Waals surface area contributed by atoms with E-state index in [-0.39, 0.29) is 10.8 Å². The van der Waals surface area contributed by atoms with Gasteiger partial charge in [0.2, 0.25) is 10.0 Å². The maximum Gasteiger partial charge on any atom is 0.320 e. The van der Waals surface area contributed by atoms with Crippen molar-refractivity contribution in [1.82, 2.24) is 4.72 Å². The lowest BCUT2D eigenvalue weighted by molar-refractivity contribution is -0.139. The number of thiophene rings is 1. The van der Waals surface area contributed by atoms with Crippen LogP contribution in [0.4, 0.5) is 0 Å². The molecule has 9 heteroatoms. The van der Waals surface area contributed by atoms with Gasteiger partial charge in [-0.15, -0.1) is 11.3 Å². The monoisotopic (exact) mass is 361 g/mol. The molecule has 0 saturated heterocycles. The third-order valence-electron chi connectivity index (χ3n) is 1.72. The zero-order valence-electron chi connectivity index (χ0n) is 8.64. The van der Waals surface area contributed by atoms with Crippen LogP contribution >= 0.6 is 38.9 Å². The van der Waals surface area contributed by atoms with Gasteiger partial charge in [-0.25, -0.2) is 13.1 Å². The van der Waals surface area contributed by atoms with Gasteiger partial charge in [0.1, 0.15) is 9.04 Å². The molecule has 1 unspecified atom stereocenters. The number of rotatable bonds is 5. The van der Waals surface area contributed by atoms with E-state index in [0.29, 0.717) is 4.34 Å². The Hall–Kier alpha value is -0.150. The minimum atomic E-state index is -3.63. The predicted octanol–water partition coefficient (Wildman–Crippen LogP) is 1.62. The van der Waals surface area contributed by atoms with Crippen LogP contribution < -0.4 is 4.72 Å². The summed E-state index contributed by atoms with van der Waals surface area (Å²) in [6.45, 7) is -0.0927. The van der Waals surface area contributed by atoms with Crippen molar-refractivity contribution in [2.75, 3.05) is 13.7 Å². The second kappa shape index (κ2) is 6.14. The first-order chi connectivity index (χ1) is 7.86. The van der Waals surface area contributed by atoms with Gasteiger partial charge in [-0.1, -0.05) is 27.5 Å². The van der Waals surface area contributed by atoms with Gasteiger partial charge in [0.25, 0.3) is 0 Å². The summed E-state index contributed by atoms with van der Waals surface area (Å²) in [6, 6.07) is 2.89. The molecule has 96 valence electrons. The van der Waals surface area contributed by atoms with Crippen LogP contribution in [0.5, 0.6) is 0 Å². The fourth-order valence-electron chi connectivity index (χ4n) is 0.907. The molecule has 0 aromatic carbocycles. The van der Waals surface area contributed by atoms with Crippen LogP contribution in [0.15, 0.2) is 16.3 Å². The number of hydrogen-bond acceptors (Lipinski definition) is 5. The lowest BCUT2D eigenvalue weighted by Gasteiger charge is -2.08. The third-order valence-corrected chi connectivity index (χ3v) is 5.57. The van der Waals surface area contributed by atoms with Crippen molar-refractivity contribution in [2.24, 2.45) is 0 Å². The number of carbonyl (C=O) groups excluding carboxylic acids is 1. The van der Waals surface area contributed by atoms with Crippen molar-refractivity contribution in [2.45, 2.75) is 9.04 Å². The number of nitrogens with one attached hydrogen (secondary N) is 1. The number of hydrogen-bond donors (Lipinski definition) is 1. The van der Waals surface area contributed by atoms with Gasteiger partial charge in [-0.3, -0.25) is 4.79 Å². The van der Waals surface area contributed by atoms with Crippen LogP contribution in [0.25, 0.3) is 0 Å². The Morgan fingerprint density at radius 2 is 2.29 bits per heavy atom. The first-order valence-electron chi connectivity index (χ1n) is 4.33. The highest BCUT2D eigenvalue weighted by atomic mass is 79.9. The summed E-state index contributed by atoms with van der Waals surface area (Å²) < 4.78 is 30.7. The standard InChI is InChI=1S/C8H9BrClNO4S2/c1-15-8(12)5(9)4-11-17(13,14)7-3-2-6(10)16-7/h2-3,5,11H,4H2,1H3. The summed E-state index contributed by atoms with van der Waals surface area (Å²) in [4.78, 5) is 10.3. The van der Waals surface area contributed by atoms with Crippen LogP contribution in [0.1, 0.15) is 0 Å². The molecule has 0 aliphatic carbocycles. The van der Waals surface area contributed by atoms with Crippen LogP contribution in [-0.4, -0.2) is 32.9 Å². The molecule has 5 nitrogen and oxygen atoms in total. The molecular formula is C8H9BrClNO4S2. The summed E-state index contributed by atoms with van der Waals surface area (Å²) in [5.41, 5.74) is 0. The van der Waals surface area contributed by atoms with Crippen molar-refractivity contribution >= 4 is 54.9 Å². The van der Waals surface area contributed by atoms with Crippen molar-refractivity contribution in [3.05, 3.63) is 16.5 Å². The number of sulfonamides is 1. The summed E-state index contributed by atoms with van der Waals surface area (Å²) in [6.07, 6.45) is 0. The molecule has 0 saturated carbocycles. The summed E-state index contributed by atoms with van der Waals surface area (Å²) in [5.74, 6) is -0.545. The minimum absolute atomic E-state index is 0.0927. The molecule has 0 aliphatic rings. The molecular weight excluding hydrogens is 354 g/mol. The lowest BCUT2D eigenvalue weighted by Crippen LogP contribution is -2.33. The van der Waals surface area contributed by atoms with Crippen molar-refractivity contribution in [3.8, 4) is 0 Å². The quantitative estimate of drug-likeness (QED) is 0.638. The normalized spacial score (nSPS) is 13.4. The molecule has 0 spiro atoms. The molecule has 0 bridgehead atoms. The van der Waals surface area contributed by atoms with Gasteiger partial charge in [0.05, 0.1) is 11.4 Å². The number of methoxy groups -OCH3 is 1. The Morgan fingerprint density at radius 3 is 2.76 bits per heavy atom. The Bertz CT molecular complexity index is 501. The molecule has 0 radical (unpaired) electrons. The summed E-state index contributed by atoms with van der Waals surface area (Å²) >= 11 is 9.60. The molecule has 17 heavy (non-hydrogen) atoms. The van der Waals surface area contributed by atoms with E-state index in [1.165, 1.54) is 19.2 Å². The molecule has 1 heterocycles. The summed E-state index contributed by atoms with van der Waals surface area (Å²) in [5, 5.41) is 0. The van der Waals surface area contributed by atoms with E-state index in [9.17, 15) is 13.2 Å². The average Bonchev–Trinajstić information content (AvgIpc) is 2.72. The largest absolute Gasteiger partial charge is 0.468 e. The molecule has 1 aromatic rings. The Morgan fingerprint density at radius 1 is 1.65 bits per heavy atom. The van der Waals surface area contributed by atoms with Crippen molar-refractivity contribution in [1.29, 1.82) is 0 Å². The number of halogens is 2. The molecule has 1 rings (SSSR count). The molecule has 0 fully saturated rings. The molecule has 1 atom stereocenters. The van der Waals surface area contributed by atoms with E-state index in [0.717, 1.165) is 11.3 Å². The van der Waals surface area contributed by atoms with Crippen molar-refractivity contribution in [3.63, 3.8) is 0 Å². The van der Waals surface area contributed by atoms with Gasteiger partial charge in [0.15, 0.2) is 0 Å².